The molecule has 12 heteroatoms. The molecule has 2 aliphatic rings. The molecular weight excluding hydrogens is 448 g/mol. The molecule has 31 heavy (non-hydrogen) atoms. The number of carbonyl (C=O) groups excluding carboxylic acids is 2. The zero-order chi connectivity index (χ0) is 22.3. The predicted octanol–water partition coefficient (Wildman–Crippen LogP) is -0.358. The Balaban J connectivity index is 1.50. The number of sulfonamides is 1. The number of morpholine rings is 1. The number of rotatable bonds is 7. The summed E-state index contributed by atoms with van der Waals surface area (Å²) < 4.78 is 38.0. The van der Waals surface area contributed by atoms with E-state index in [4.69, 9.17) is 21.1 Å². The summed E-state index contributed by atoms with van der Waals surface area (Å²) in [5.41, 5.74) is 0. The predicted molar refractivity (Wildman–Crippen MR) is 113 cm³/mol. The fourth-order valence-corrected chi connectivity index (χ4v) is 5.03. The van der Waals surface area contributed by atoms with Gasteiger partial charge in [-0.25, -0.2) is 8.42 Å². The monoisotopic (exact) mass is 474 g/mol. The zero-order valence-corrected chi connectivity index (χ0v) is 18.7. The van der Waals surface area contributed by atoms with Crippen LogP contribution in [0.3, 0.4) is 0 Å². The van der Waals surface area contributed by atoms with E-state index in [1.54, 1.807) is 0 Å². The number of hydrogen-bond acceptors (Lipinski definition) is 7. The lowest BCUT2D eigenvalue weighted by atomic mass is 10.3. The molecule has 1 atom stereocenters. The van der Waals surface area contributed by atoms with E-state index >= 15 is 0 Å². The molecule has 1 aromatic rings. The Morgan fingerprint density at radius 1 is 1.03 bits per heavy atom. The Bertz CT molecular complexity index is 861. The van der Waals surface area contributed by atoms with Crippen LogP contribution in [0.5, 0.6) is 0 Å². The van der Waals surface area contributed by atoms with Crippen LogP contribution in [0.1, 0.15) is 6.42 Å². The van der Waals surface area contributed by atoms with Crippen LogP contribution in [0.25, 0.3) is 0 Å². The second-order valence-electron chi connectivity index (χ2n) is 7.17. The second-order valence-corrected chi connectivity index (χ2v) is 9.50. The lowest BCUT2D eigenvalue weighted by Crippen LogP contribution is -2.53. The van der Waals surface area contributed by atoms with E-state index in [0.29, 0.717) is 44.4 Å². The summed E-state index contributed by atoms with van der Waals surface area (Å²) in [6, 6.07) is 5.84. The summed E-state index contributed by atoms with van der Waals surface area (Å²) in [6.07, 6.45) is -0.376. The lowest BCUT2D eigenvalue weighted by Gasteiger charge is -2.34. The Morgan fingerprint density at radius 2 is 1.71 bits per heavy atom. The molecule has 0 aliphatic carbocycles. The van der Waals surface area contributed by atoms with E-state index in [9.17, 15) is 18.0 Å². The molecule has 0 radical (unpaired) electrons. The van der Waals surface area contributed by atoms with Crippen molar-refractivity contribution in [2.45, 2.75) is 17.5 Å². The lowest BCUT2D eigenvalue weighted by molar-refractivity contribution is -0.140. The van der Waals surface area contributed by atoms with E-state index in [0.717, 1.165) is 13.1 Å². The molecule has 1 aromatic carbocycles. The maximum atomic E-state index is 13.0. The molecule has 0 aromatic heterocycles. The van der Waals surface area contributed by atoms with Crippen molar-refractivity contribution in [2.75, 3.05) is 59.1 Å². The first-order valence-corrected chi connectivity index (χ1v) is 11.9. The number of nitrogens with one attached hydrogen (secondary N) is 2. The summed E-state index contributed by atoms with van der Waals surface area (Å²) in [6.45, 7) is 4.33. The van der Waals surface area contributed by atoms with Crippen LogP contribution in [-0.2, 0) is 29.1 Å². The molecule has 2 fully saturated rings. The van der Waals surface area contributed by atoms with E-state index in [1.807, 2.05) is 0 Å². The van der Waals surface area contributed by atoms with Crippen LogP contribution in [0.4, 0.5) is 0 Å². The van der Waals surface area contributed by atoms with Crippen molar-refractivity contribution in [3.8, 4) is 0 Å². The zero-order valence-electron chi connectivity index (χ0n) is 17.1. The molecule has 2 saturated heterocycles. The molecule has 0 spiro atoms. The Morgan fingerprint density at radius 3 is 2.42 bits per heavy atom. The standard InChI is InChI=1S/C19H27ClN4O6S/c20-15-2-4-16(5-3-15)31(27,28)24-7-1-11-30-17(24)14-22-19(26)18(25)21-6-8-23-9-12-29-13-10-23/h2-5,17H,1,6-14H2,(H,21,25)(H,22,26). The highest BCUT2D eigenvalue weighted by molar-refractivity contribution is 7.89. The van der Waals surface area contributed by atoms with Crippen molar-refractivity contribution in [1.82, 2.24) is 19.8 Å². The quantitative estimate of drug-likeness (QED) is 0.518. The van der Waals surface area contributed by atoms with Gasteiger partial charge in [-0.3, -0.25) is 14.5 Å². The van der Waals surface area contributed by atoms with Crippen LogP contribution < -0.4 is 10.6 Å². The summed E-state index contributed by atoms with van der Waals surface area (Å²) in [4.78, 5) is 26.4. The van der Waals surface area contributed by atoms with Gasteiger partial charge in [0.15, 0.2) is 0 Å². The highest BCUT2D eigenvalue weighted by Crippen LogP contribution is 2.23. The molecule has 172 valence electrons. The third kappa shape index (κ3) is 6.61. The average Bonchev–Trinajstić information content (AvgIpc) is 2.78. The van der Waals surface area contributed by atoms with Crippen LogP contribution in [0.15, 0.2) is 29.2 Å². The normalized spacial score (nSPS) is 20.9. The van der Waals surface area contributed by atoms with Crippen molar-refractivity contribution in [1.29, 1.82) is 0 Å². The van der Waals surface area contributed by atoms with Crippen molar-refractivity contribution < 1.29 is 27.5 Å². The van der Waals surface area contributed by atoms with Gasteiger partial charge < -0.3 is 20.1 Å². The molecule has 2 heterocycles. The highest BCUT2D eigenvalue weighted by atomic mass is 35.5. The Hall–Kier alpha value is -1.76. The van der Waals surface area contributed by atoms with Crippen LogP contribution in [0, 0.1) is 0 Å². The largest absolute Gasteiger partial charge is 0.379 e. The van der Waals surface area contributed by atoms with Crippen molar-refractivity contribution in [3.05, 3.63) is 29.3 Å². The fourth-order valence-electron chi connectivity index (χ4n) is 3.34. The molecular formula is C19H27ClN4O6S. The van der Waals surface area contributed by atoms with Gasteiger partial charge in [-0.05, 0) is 30.7 Å². The first-order chi connectivity index (χ1) is 14.9. The van der Waals surface area contributed by atoms with Gasteiger partial charge in [0.1, 0.15) is 6.23 Å². The molecule has 3 rings (SSSR count). The first-order valence-electron chi connectivity index (χ1n) is 10.1. The SMILES string of the molecule is O=C(NCCN1CCOCC1)C(=O)NCC1OCCCN1S(=O)(=O)c1ccc(Cl)cc1. The summed E-state index contributed by atoms with van der Waals surface area (Å²) in [5.74, 6) is -1.60. The third-order valence-electron chi connectivity index (χ3n) is 5.04. The van der Waals surface area contributed by atoms with E-state index in [2.05, 4.69) is 15.5 Å². The van der Waals surface area contributed by atoms with Crippen LogP contribution >= 0.6 is 11.6 Å². The minimum absolute atomic E-state index is 0.0829. The number of halogens is 1. The maximum absolute atomic E-state index is 13.0. The first kappa shape index (κ1) is 23.9. The summed E-state index contributed by atoms with van der Waals surface area (Å²) in [7, 11) is -3.84. The topological polar surface area (TPSA) is 117 Å². The number of nitrogens with zero attached hydrogens (tertiary/aromatic N) is 2. The minimum atomic E-state index is -3.84. The minimum Gasteiger partial charge on any atom is -0.379 e. The van der Waals surface area contributed by atoms with Crippen LogP contribution in [-0.4, -0.2) is 94.8 Å². The van der Waals surface area contributed by atoms with Gasteiger partial charge in [0.25, 0.3) is 0 Å². The van der Waals surface area contributed by atoms with Crippen LogP contribution in [0.2, 0.25) is 5.02 Å². The maximum Gasteiger partial charge on any atom is 0.309 e. The molecule has 1 unspecified atom stereocenters. The number of hydrogen-bond donors (Lipinski definition) is 2. The van der Waals surface area contributed by atoms with Gasteiger partial charge in [-0.15, -0.1) is 0 Å². The number of benzene rings is 1. The second kappa shape index (κ2) is 11.2. The van der Waals surface area contributed by atoms with Gasteiger partial charge in [0.05, 0.1) is 31.3 Å². The molecule has 10 nitrogen and oxygen atoms in total. The van der Waals surface area contributed by atoms with E-state index in [1.165, 1.54) is 28.6 Å². The Kier molecular flexibility index (Phi) is 8.64. The smallest absolute Gasteiger partial charge is 0.309 e. The van der Waals surface area contributed by atoms with Gasteiger partial charge in [-0.2, -0.15) is 4.31 Å². The van der Waals surface area contributed by atoms with Gasteiger partial charge in [-0.1, -0.05) is 11.6 Å². The van der Waals surface area contributed by atoms with Gasteiger partial charge in [0.2, 0.25) is 10.0 Å². The van der Waals surface area contributed by atoms with E-state index < -0.39 is 28.1 Å². The molecule has 2 aliphatic heterocycles. The fraction of sp³-hybridized carbons (Fsp3) is 0.579. The van der Waals surface area contributed by atoms with Crippen molar-refractivity contribution in [3.63, 3.8) is 0 Å². The number of carbonyl (C=O) groups is 2. The molecule has 2 N–H and O–H groups in total. The molecule has 0 saturated carbocycles. The third-order valence-corrected chi connectivity index (χ3v) is 7.19. The van der Waals surface area contributed by atoms with E-state index in [-0.39, 0.29) is 18.0 Å². The Labute approximate surface area is 186 Å². The summed E-state index contributed by atoms with van der Waals surface area (Å²) in [5, 5.41) is 5.47. The molecule has 2 amide bonds. The number of amides is 2. The highest BCUT2D eigenvalue weighted by Gasteiger charge is 2.34. The average molecular weight is 475 g/mol. The van der Waals surface area contributed by atoms with Gasteiger partial charge in [0, 0.05) is 37.7 Å². The summed E-state index contributed by atoms with van der Waals surface area (Å²) >= 11 is 5.84. The van der Waals surface area contributed by atoms with Crippen molar-refractivity contribution >= 4 is 33.4 Å². The van der Waals surface area contributed by atoms with Crippen molar-refractivity contribution in [2.24, 2.45) is 0 Å². The number of ether oxygens (including phenoxy) is 2. The van der Waals surface area contributed by atoms with Gasteiger partial charge >= 0.3 is 11.8 Å². The molecule has 0 bridgehead atoms.